The number of nitrogens with zero attached hydrogens (tertiary/aromatic N) is 1. The summed E-state index contributed by atoms with van der Waals surface area (Å²) >= 11 is 0. The first-order valence-corrected chi connectivity index (χ1v) is 6.54. The number of hydrogen-bond donors (Lipinski definition) is 1. The van der Waals surface area contributed by atoms with Crippen molar-refractivity contribution >= 4 is 17.3 Å². The third-order valence-corrected chi connectivity index (χ3v) is 3.64. The fourth-order valence-corrected chi connectivity index (χ4v) is 2.72. The highest BCUT2D eigenvalue weighted by atomic mass is 19.1. The normalized spacial score (nSPS) is 17.1. The van der Waals surface area contributed by atoms with Crippen LogP contribution in [0.4, 0.5) is 15.8 Å². The van der Waals surface area contributed by atoms with Crippen LogP contribution in [0.15, 0.2) is 42.5 Å². The molecule has 0 aliphatic carbocycles. The Morgan fingerprint density at radius 2 is 2.05 bits per heavy atom. The zero-order valence-electron chi connectivity index (χ0n) is 11.1. The van der Waals surface area contributed by atoms with Crippen LogP contribution in [0.1, 0.15) is 22.8 Å². The summed E-state index contributed by atoms with van der Waals surface area (Å²) in [4.78, 5) is 14.2. The fraction of sp³-hybridized carbons (Fsp3) is 0.188. The summed E-state index contributed by atoms with van der Waals surface area (Å²) in [5.41, 5.74) is 8.40. The lowest BCUT2D eigenvalue weighted by Gasteiger charge is -2.23. The van der Waals surface area contributed by atoms with Gasteiger partial charge in [0.15, 0.2) is 0 Å². The number of nitrogen functional groups attached to an aromatic ring is 1. The molecule has 2 aromatic carbocycles. The third kappa shape index (κ3) is 1.93. The number of carbonyl (C=O) groups excluding carboxylic acids is 1. The van der Waals surface area contributed by atoms with Crippen LogP contribution in [-0.4, -0.2) is 11.9 Å². The van der Waals surface area contributed by atoms with E-state index in [-0.39, 0.29) is 17.5 Å². The second-order valence-corrected chi connectivity index (χ2v) is 5.10. The Balaban J connectivity index is 2.04. The predicted molar refractivity (Wildman–Crippen MR) is 77.2 cm³/mol. The van der Waals surface area contributed by atoms with E-state index in [9.17, 15) is 9.18 Å². The molecular weight excluding hydrogens is 255 g/mol. The van der Waals surface area contributed by atoms with E-state index in [1.807, 2.05) is 19.1 Å². The maximum Gasteiger partial charge on any atom is 0.261 e. The smallest absolute Gasteiger partial charge is 0.261 e. The van der Waals surface area contributed by atoms with Gasteiger partial charge in [0.1, 0.15) is 5.82 Å². The van der Waals surface area contributed by atoms with E-state index in [4.69, 9.17) is 5.73 Å². The van der Waals surface area contributed by atoms with Gasteiger partial charge in [-0.1, -0.05) is 12.1 Å². The molecule has 0 saturated heterocycles. The van der Waals surface area contributed by atoms with Gasteiger partial charge in [0.05, 0.1) is 5.56 Å². The molecule has 1 heterocycles. The molecule has 3 nitrogen and oxygen atoms in total. The number of nitrogens with two attached hydrogens (primary N) is 1. The number of carbonyl (C=O) groups is 1. The van der Waals surface area contributed by atoms with Crippen molar-refractivity contribution in [3.8, 4) is 0 Å². The van der Waals surface area contributed by atoms with Gasteiger partial charge in [0.25, 0.3) is 5.91 Å². The molecule has 1 aliphatic rings. The van der Waals surface area contributed by atoms with Gasteiger partial charge in [-0.2, -0.15) is 0 Å². The average Bonchev–Trinajstić information content (AvgIpc) is 2.73. The highest BCUT2D eigenvalue weighted by Crippen LogP contribution is 2.34. The summed E-state index contributed by atoms with van der Waals surface area (Å²) in [6.07, 6.45) is 0.737. The second-order valence-electron chi connectivity index (χ2n) is 5.10. The molecule has 20 heavy (non-hydrogen) atoms. The number of rotatable bonds is 1. The van der Waals surface area contributed by atoms with Crippen molar-refractivity contribution in [1.82, 2.24) is 0 Å². The summed E-state index contributed by atoms with van der Waals surface area (Å²) in [5, 5.41) is 0. The minimum atomic E-state index is -0.492. The van der Waals surface area contributed by atoms with Gasteiger partial charge in [-0.15, -0.1) is 0 Å². The molecule has 0 radical (unpaired) electrons. The SMILES string of the molecule is CC1Cc2cc(N)ccc2N1C(=O)c1ccccc1F. The summed E-state index contributed by atoms with van der Waals surface area (Å²) in [7, 11) is 0. The van der Waals surface area contributed by atoms with E-state index in [0.29, 0.717) is 5.69 Å². The van der Waals surface area contributed by atoms with Crippen molar-refractivity contribution in [3.05, 3.63) is 59.4 Å². The monoisotopic (exact) mass is 270 g/mol. The first-order chi connectivity index (χ1) is 9.58. The predicted octanol–water partition coefficient (Wildman–Crippen LogP) is 3.00. The summed E-state index contributed by atoms with van der Waals surface area (Å²) in [6, 6.07) is 11.5. The standard InChI is InChI=1S/C16H15FN2O/c1-10-8-11-9-12(18)6-7-15(11)19(10)16(20)13-4-2-3-5-14(13)17/h2-7,9-10H,8,18H2,1H3. The Hall–Kier alpha value is -2.36. The molecule has 1 amide bonds. The molecule has 0 spiro atoms. The molecule has 0 saturated carbocycles. The number of anilines is 2. The van der Waals surface area contributed by atoms with Gasteiger partial charge in [-0.3, -0.25) is 4.79 Å². The van der Waals surface area contributed by atoms with Crippen LogP contribution < -0.4 is 10.6 Å². The van der Waals surface area contributed by atoms with Gasteiger partial charge in [-0.25, -0.2) is 4.39 Å². The van der Waals surface area contributed by atoms with Gasteiger partial charge < -0.3 is 10.6 Å². The van der Waals surface area contributed by atoms with E-state index in [1.54, 1.807) is 23.1 Å². The zero-order valence-corrected chi connectivity index (χ0v) is 11.1. The summed E-state index contributed by atoms with van der Waals surface area (Å²) < 4.78 is 13.8. The first kappa shape index (κ1) is 12.7. The number of halogens is 1. The highest BCUT2D eigenvalue weighted by molar-refractivity contribution is 6.08. The largest absolute Gasteiger partial charge is 0.399 e. The molecule has 1 unspecified atom stereocenters. The molecule has 3 rings (SSSR count). The molecule has 1 atom stereocenters. The molecule has 1 aliphatic heterocycles. The topological polar surface area (TPSA) is 46.3 Å². The lowest BCUT2D eigenvalue weighted by molar-refractivity contribution is 0.0977. The summed E-state index contributed by atoms with van der Waals surface area (Å²) in [6.45, 7) is 1.95. The maximum atomic E-state index is 13.8. The zero-order chi connectivity index (χ0) is 14.3. The number of benzene rings is 2. The summed E-state index contributed by atoms with van der Waals surface area (Å²) in [5.74, 6) is -0.798. The van der Waals surface area contributed by atoms with E-state index in [0.717, 1.165) is 17.7 Å². The van der Waals surface area contributed by atoms with Crippen LogP contribution in [-0.2, 0) is 6.42 Å². The molecular formula is C16H15FN2O. The molecule has 4 heteroatoms. The third-order valence-electron chi connectivity index (χ3n) is 3.64. The van der Waals surface area contributed by atoms with Crippen molar-refractivity contribution in [2.45, 2.75) is 19.4 Å². The number of amides is 1. The van der Waals surface area contributed by atoms with Crippen molar-refractivity contribution in [1.29, 1.82) is 0 Å². The first-order valence-electron chi connectivity index (χ1n) is 6.54. The Bertz CT molecular complexity index is 684. The van der Waals surface area contributed by atoms with Crippen molar-refractivity contribution in [2.75, 3.05) is 10.6 Å². The lowest BCUT2D eigenvalue weighted by Crippen LogP contribution is -2.36. The van der Waals surface area contributed by atoms with E-state index in [2.05, 4.69) is 0 Å². The molecule has 2 aromatic rings. The molecule has 2 N–H and O–H groups in total. The molecule has 0 bridgehead atoms. The fourth-order valence-electron chi connectivity index (χ4n) is 2.72. The maximum absolute atomic E-state index is 13.8. The second kappa shape index (κ2) is 4.63. The minimum absolute atomic E-state index is 0.00101. The van der Waals surface area contributed by atoms with Crippen LogP contribution >= 0.6 is 0 Å². The van der Waals surface area contributed by atoms with Crippen LogP contribution in [0.25, 0.3) is 0 Å². The number of fused-ring (bicyclic) bond motifs is 1. The van der Waals surface area contributed by atoms with Crippen LogP contribution in [0.2, 0.25) is 0 Å². The Morgan fingerprint density at radius 1 is 1.30 bits per heavy atom. The van der Waals surface area contributed by atoms with Gasteiger partial charge in [0.2, 0.25) is 0 Å². The van der Waals surface area contributed by atoms with Crippen molar-refractivity contribution in [3.63, 3.8) is 0 Å². The van der Waals surface area contributed by atoms with Gasteiger partial charge >= 0.3 is 0 Å². The molecule has 102 valence electrons. The van der Waals surface area contributed by atoms with Crippen LogP contribution in [0, 0.1) is 5.82 Å². The molecule has 0 aromatic heterocycles. The van der Waals surface area contributed by atoms with E-state index < -0.39 is 5.82 Å². The van der Waals surface area contributed by atoms with Gasteiger partial charge in [0, 0.05) is 17.4 Å². The Kier molecular flexibility index (Phi) is 2.93. The highest BCUT2D eigenvalue weighted by Gasteiger charge is 2.32. The van der Waals surface area contributed by atoms with Crippen LogP contribution in [0.3, 0.4) is 0 Å². The quantitative estimate of drug-likeness (QED) is 0.810. The van der Waals surface area contributed by atoms with Crippen molar-refractivity contribution < 1.29 is 9.18 Å². The Morgan fingerprint density at radius 3 is 2.80 bits per heavy atom. The van der Waals surface area contributed by atoms with Crippen LogP contribution in [0.5, 0.6) is 0 Å². The van der Waals surface area contributed by atoms with Gasteiger partial charge in [-0.05, 0) is 49.2 Å². The lowest BCUT2D eigenvalue weighted by atomic mass is 10.1. The Labute approximate surface area is 116 Å². The van der Waals surface area contributed by atoms with Crippen molar-refractivity contribution in [2.24, 2.45) is 0 Å². The number of hydrogen-bond acceptors (Lipinski definition) is 2. The minimum Gasteiger partial charge on any atom is -0.399 e. The van der Waals surface area contributed by atoms with E-state index >= 15 is 0 Å². The average molecular weight is 270 g/mol. The van der Waals surface area contributed by atoms with E-state index in [1.165, 1.54) is 12.1 Å². The molecule has 0 fully saturated rings.